The van der Waals surface area contributed by atoms with Crippen LogP contribution >= 0.6 is 0 Å². The van der Waals surface area contributed by atoms with Gasteiger partial charge in [0.1, 0.15) is 5.75 Å². The molecule has 1 aromatic rings. The van der Waals surface area contributed by atoms with E-state index in [1.165, 1.54) is 6.07 Å². The number of nitrogens with one attached hydrogen (secondary N) is 1. The summed E-state index contributed by atoms with van der Waals surface area (Å²) in [7, 11) is 0. The highest BCUT2D eigenvalue weighted by atomic mass is 19.4. The van der Waals surface area contributed by atoms with Crippen molar-refractivity contribution in [3.63, 3.8) is 0 Å². The number of rotatable bonds is 11. The van der Waals surface area contributed by atoms with Crippen LogP contribution in [0.25, 0.3) is 5.70 Å². The second-order valence-electron chi connectivity index (χ2n) is 8.27. The summed E-state index contributed by atoms with van der Waals surface area (Å²) < 4.78 is 46.9. The average Bonchev–Trinajstić information content (AvgIpc) is 3.30. The van der Waals surface area contributed by atoms with Gasteiger partial charge in [0.15, 0.2) is 0 Å². The molecular weight excluding hydrogens is 413 g/mol. The van der Waals surface area contributed by atoms with Crippen molar-refractivity contribution in [2.24, 2.45) is 10.9 Å². The van der Waals surface area contributed by atoms with E-state index in [1.54, 1.807) is 12.1 Å². The quantitative estimate of drug-likeness (QED) is 0.216. The summed E-state index contributed by atoms with van der Waals surface area (Å²) in [6.07, 6.45) is 6.87. The van der Waals surface area contributed by atoms with E-state index < -0.39 is 11.7 Å². The molecule has 1 saturated heterocycles. The molecule has 0 radical (unpaired) electrons. The summed E-state index contributed by atoms with van der Waals surface area (Å²) in [6.45, 7) is 9.29. The number of unbranched alkanes of at least 4 members (excludes halogenated alkanes) is 1. The minimum atomic E-state index is -4.50. The summed E-state index contributed by atoms with van der Waals surface area (Å²) in [5, 5.41) is 3.48. The minimum Gasteiger partial charge on any atom is -0.493 e. The smallest absolute Gasteiger partial charge is 0.419 e. The molecule has 6 heteroatoms. The third-order valence-corrected chi connectivity index (χ3v) is 5.80. The summed E-state index contributed by atoms with van der Waals surface area (Å²) in [5.41, 5.74) is 1.28. The number of aliphatic imine (C=N–C) groups is 1. The first-order valence-corrected chi connectivity index (χ1v) is 11.8. The molecule has 1 aliphatic heterocycles. The zero-order valence-corrected chi connectivity index (χ0v) is 19.8. The van der Waals surface area contributed by atoms with Crippen LogP contribution in [0.4, 0.5) is 13.2 Å². The van der Waals surface area contributed by atoms with Crippen LogP contribution < -0.4 is 10.1 Å². The number of allylic oxidation sites excluding steroid dienone is 2. The first-order chi connectivity index (χ1) is 15.3. The predicted molar refractivity (Wildman–Crippen MR) is 127 cm³/mol. The Kier molecular flexibility index (Phi) is 10.5. The van der Waals surface area contributed by atoms with E-state index in [1.807, 2.05) is 19.1 Å². The van der Waals surface area contributed by atoms with Gasteiger partial charge in [0.05, 0.1) is 17.9 Å². The molecule has 0 spiro atoms. The highest BCUT2D eigenvalue weighted by Crippen LogP contribution is 2.38. The van der Waals surface area contributed by atoms with Gasteiger partial charge in [-0.25, -0.2) is 0 Å². The maximum atomic E-state index is 13.8. The van der Waals surface area contributed by atoms with Crippen LogP contribution in [-0.4, -0.2) is 24.9 Å². The molecule has 32 heavy (non-hydrogen) atoms. The van der Waals surface area contributed by atoms with Gasteiger partial charge in [-0.05, 0) is 69.7 Å². The number of benzene rings is 1. The zero-order chi connectivity index (χ0) is 23.6. The van der Waals surface area contributed by atoms with Crippen LogP contribution in [0.2, 0.25) is 0 Å². The number of alkyl halides is 3. The van der Waals surface area contributed by atoms with Gasteiger partial charge in [0.2, 0.25) is 0 Å². The molecular formula is C26H37F3N2O. The van der Waals surface area contributed by atoms with Crippen LogP contribution in [-0.2, 0) is 6.18 Å². The molecule has 0 aromatic heterocycles. The van der Waals surface area contributed by atoms with Crippen LogP contribution in [0.5, 0.6) is 5.75 Å². The number of hydrogen-bond acceptors (Lipinski definition) is 3. The van der Waals surface area contributed by atoms with E-state index >= 15 is 0 Å². The molecule has 1 fully saturated rings. The van der Waals surface area contributed by atoms with Gasteiger partial charge in [0.25, 0.3) is 0 Å². The summed E-state index contributed by atoms with van der Waals surface area (Å²) in [4.78, 5) is 4.87. The SMILES string of the molecule is C/C=C(\N=C(C(C)CC)C1CCCN1)c1ccc(OCC/C=C\CCC)c(C(F)(F)F)c1. The van der Waals surface area contributed by atoms with Gasteiger partial charge in [-0.1, -0.05) is 45.4 Å². The van der Waals surface area contributed by atoms with Gasteiger partial charge in [0, 0.05) is 17.3 Å². The Morgan fingerprint density at radius 3 is 2.59 bits per heavy atom. The van der Waals surface area contributed by atoms with Gasteiger partial charge < -0.3 is 10.1 Å². The van der Waals surface area contributed by atoms with Crippen LogP contribution in [0.1, 0.15) is 77.3 Å². The Morgan fingerprint density at radius 2 is 2.00 bits per heavy atom. The Hall–Kier alpha value is -2.08. The van der Waals surface area contributed by atoms with Crippen molar-refractivity contribution in [1.29, 1.82) is 0 Å². The number of ether oxygens (including phenoxy) is 1. The van der Waals surface area contributed by atoms with Crippen molar-refractivity contribution in [2.75, 3.05) is 13.2 Å². The lowest BCUT2D eigenvalue weighted by atomic mass is 9.95. The minimum absolute atomic E-state index is 0.135. The van der Waals surface area contributed by atoms with E-state index in [0.717, 1.165) is 50.4 Å². The van der Waals surface area contributed by atoms with Crippen LogP contribution in [0.3, 0.4) is 0 Å². The molecule has 1 heterocycles. The molecule has 0 amide bonds. The van der Waals surface area contributed by atoms with E-state index in [4.69, 9.17) is 9.73 Å². The molecule has 2 unspecified atom stereocenters. The summed E-state index contributed by atoms with van der Waals surface area (Å²) >= 11 is 0. The van der Waals surface area contributed by atoms with E-state index in [2.05, 4.69) is 26.1 Å². The maximum absolute atomic E-state index is 13.8. The van der Waals surface area contributed by atoms with Gasteiger partial charge in [-0.3, -0.25) is 4.99 Å². The topological polar surface area (TPSA) is 33.6 Å². The number of nitrogens with zero attached hydrogens (tertiary/aromatic N) is 1. The molecule has 0 aliphatic carbocycles. The van der Waals surface area contributed by atoms with Crippen molar-refractivity contribution >= 4 is 11.4 Å². The van der Waals surface area contributed by atoms with E-state index in [9.17, 15) is 13.2 Å². The highest BCUT2D eigenvalue weighted by Gasteiger charge is 2.35. The van der Waals surface area contributed by atoms with Crippen molar-refractivity contribution in [2.45, 2.75) is 78.4 Å². The fourth-order valence-electron chi connectivity index (χ4n) is 3.79. The Morgan fingerprint density at radius 1 is 1.25 bits per heavy atom. The molecule has 1 aliphatic rings. The lowest BCUT2D eigenvalue weighted by Crippen LogP contribution is -2.34. The Labute approximate surface area is 190 Å². The van der Waals surface area contributed by atoms with Gasteiger partial charge in [-0.2, -0.15) is 13.2 Å². The Balaban J connectivity index is 2.30. The van der Waals surface area contributed by atoms with Crippen LogP contribution in [0, 0.1) is 5.92 Å². The third-order valence-electron chi connectivity index (χ3n) is 5.80. The largest absolute Gasteiger partial charge is 0.493 e. The first kappa shape index (κ1) is 26.2. The monoisotopic (exact) mass is 450 g/mol. The predicted octanol–water partition coefficient (Wildman–Crippen LogP) is 7.43. The fraction of sp³-hybridized carbons (Fsp3) is 0.577. The van der Waals surface area contributed by atoms with Gasteiger partial charge in [-0.15, -0.1) is 0 Å². The molecule has 178 valence electrons. The van der Waals surface area contributed by atoms with E-state index in [0.29, 0.717) is 17.7 Å². The third kappa shape index (κ3) is 7.51. The van der Waals surface area contributed by atoms with E-state index in [-0.39, 0.29) is 24.3 Å². The standard InChI is InChI=1S/C26H37F3N2O/c1-5-8-9-10-11-17-32-24-15-14-20(18-21(24)26(27,28)29)22(7-3)31-25(19(4)6-2)23-13-12-16-30-23/h7,9-10,14-15,18-19,23,30H,5-6,8,11-13,16-17H2,1-4H3/b10-9-,22-7-,31-25?. The second-order valence-corrected chi connectivity index (χ2v) is 8.27. The van der Waals surface area contributed by atoms with Gasteiger partial charge >= 0.3 is 6.18 Å². The lowest BCUT2D eigenvalue weighted by Gasteiger charge is -2.21. The zero-order valence-electron chi connectivity index (χ0n) is 19.8. The summed E-state index contributed by atoms with van der Waals surface area (Å²) in [5.74, 6) is 0.121. The maximum Gasteiger partial charge on any atom is 0.419 e. The number of hydrogen-bond donors (Lipinski definition) is 1. The molecule has 1 aromatic carbocycles. The molecule has 2 atom stereocenters. The normalized spacial score (nSPS) is 19.0. The van der Waals surface area contributed by atoms with Crippen molar-refractivity contribution in [1.82, 2.24) is 5.32 Å². The molecule has 1 N–H and O–H groups in total. The summed E-state index contributed by atoms with van der Waals surface area (Å²) in [6, 6.07) is 4.44. The average molecular weight is 451 g/mol. The molecule has 0 saturated carbocycles. The first-order valence-electron chi connectivity index (χ1n) is 11.8. The molecule has 0 bridgehead atoms. The van der Waals surface area contributed by atoms with Crippen LogP contribution in [0.15, 0.2) is 41.4 Å². The highest BCUT2D eigenvalue weighted by molar-refractivity contribution is 5.95. The Bertz CT molecular complexity index is 806. The van der Waals surface area contributed by atoms with Crippen molar-refractivity contribution < 1.29 is 17.9 Å². The lowest BCUT2D eigenvalue weighted by molar-refractivity contribution is -0.138. The van der Waals surface area contributed by atoms with Crippen molar-refractivity contribution in [3.8, 4) is 5.75 Å². The molecule has 2 rings (SSSR count). The molecule has 3 nitrogen and oxygen atoms in total. The second kappa shape index (κ2) is 12.8. The van der Waals surface area contributed by atoms with Crippen molar-refractivity contribution in [3.05, 3.63) is 47.6 Å². The fourth-order valence-corrected chi connectivity index (χ4v) is 3.79. The number of halogens is 3.